The van der Waals surface area contributed by atoms with Gasteiger partial charge in [0.2, 0.25) is 0 Å². The molecular weight excluding hydrogens is 189 g/mol. The molecule has 4 nitrogen and oxygen atoms in total. The van der Waals surface area contributed by atoms with Crippen molar-refractivity contribution in [2.75, 3.05) is 6.79 Å². The third-order valence-corrected chi connectivity index (χ3v) is 2.13. The van der Waals surface area contributed by atoms with E-state index < -0.39 is 0 Å². The molecule has 0 unspecified atom stereocenters. The Hall–Kier alpha value is -1.17. The SMILES string of the molecule is ONCc1c(F)ccc2c1COCO2. The van der Waals surface area contributed by atoms with E-state index in [2.05, 4.69) is 0 Å². The molecule has 0 atom stereocenters. The molecule has 0 aliphatic carbocycles. The van der Waals surface area contributed by atoms with Crippen LogP contribution in [0.2, 0.25) is 0 Å². The summed E-state index contributed by atoms with van der Waals surface area (Å²) in [7, 11) is 0. The summed E-state index contributed by atoms with van der Waals surface area (Å²) in [5.41, 5.74) is 2.95. The van der Waals surface area contributed by atoms with Crippen LogP contribution < -0.4 is 10.2 Å². The van der Waals surface area contributed by atoms with Gasteiger partial charge >= 0.3 is 0 Å². The highest BCUT2D eigenvalue weighted by Gasteiger charge is 2.17. The molecule has 1 aliphatic rings. The zero-order chi connectivity index (χ0) is 9.97. The van der Waals surface area contributed by atoms with Crippen molar-refractivity contribution in [2.24, 2.45) is 0 Å². The average Bonchev–Trinajstić information content (AvgIpc) is 2.23. The standard InChI is InChI=1S/C9H10FNO3/c10-8-1-2-9-7(4-13-5-14-9)6(8)3-11-12/h1-2,11-12H,3-5H2. The number of rotatable bonds is 2. The zero-order valence-corrected chi connectivity index (χ0v) is 7.42. The summed E-state index contributed by atoms with van der Waals surface area (Å²) in [5, 5.41) is 8.55. The van der Waals surface area contributed by atoms with Crippen LogP contribution in [-0.2, 0) is 17.9 Å². The van der Waals surface area contributed by atoms with Gasteiger partial charge in [-0.15, -0.1) is 0 Å². The summed E-state index contributed by atoms with van der Waals surface area (Å²) in [5.74, 6) is 0.238. The van der Waals surface area contributed by atoms with Crippen LogP contribution in [0.3, 0.4) is 0 Å². The summed E-state index contributed by atoms with van der Waals surface area (Å²) in [6.07, 6.45) is 0. The van der Waals surface area contributed by atoms with Crippen LogP contribution in [0, 0.1) is 5.82 Å². The molecule has 5 heteroatoms. The quantitative estimate of drug-likeness (QED) is 0.702. The molecule has 0 bridgehead atoms. The third kappa shape index (κ3) is 1.57. The number of hydroxylamine groups is 1. The minimum Gasteiger partial charge on any atom is -0.467 e. The number of benzene rings is 1. The first kappa shape index (κ1) is 9.39. The maximum absolute atomic E-state index is 13.3. The lowest BCUT2D eigenvalue weighted by atomic mass is 10.1. The molecule has 1 aliphatic heterocycles. The molecule has 1 heterocycles. The van der Waals surface area contributed by atoms with E-state index in [1.165, 1.54) is 6.07 Å². The van der Waals surface area contributed by atoms with Gasteiger partial charge in [0, 0.05) is 17.7 Å². The van der Waals surface area contributed by atoms with Gasteiger partial charge < -0.3 is 14.7 Å². The van der Waals surface area contributed by atoms with E-state index in [0.717, 1.165) is 0 Å². The number of hydrogen-bond acceptors (Lipinski definition) is 4. The number of fused-ring (bicyclic) bond motifs is 1. The van der Waals surface area contributed by atoms with Crippen molar-refractivity contribution in [3.63, 3.8) is 0 Å². The highest BCUT2D eigenvalue weighted by Crippen LogP contribution is 2.28. The van der Waals surface area contributed by atoms with Crippen molar-refractivity contribution in [3.8, 4) is 5.75 Å². The van der Waals surface area contributed by atoms with Gasteiger partial charge in [0.15, 0.2) is 6.79 Å². The van der Waals surface area contributed by atoms with Crippen LogP contribution in [0.5, 0.6) is 5.75 Å². The van der Waals surface area contributed by atoms with Crippen molar-refractivity contribution in [1.29, 1.82) is 0 Å². The highest BCUT2D eigenvalue weighted by molar-refractivity contribution is 5.41. The molecule has 1 aromatic carbocycles. The van der Waals surface area contributed by atoms with Crippen LogP contribution in [0.1, 0.15) is 11.1 Å². The first-order valence-corrected chi connectivity index (χ1v) is 4.20. The predicted octanol–water partition coefficient (Wildman–Crippen LogP) is 1.17. The lowest BCUT2D eigenvalue weighted by Crippen LogP contribution is -2.17. The van der Waals surface area contributed by atoms with Gasteiger partial charge in [0.1, 0.15) is 11.6 Å². The van der Waals surface area contributed by atoms with Crippen molar-refractivity contribution >= 4 is 0 Å². The topological polar surface area (TPSA) is 50.7 Å². The molecule has 0 amide bonds. The Balaban J connectivity index is 2.43. The second-order valence-electron chi connectivity index (χ2n) is 2.95. The van der Waals surface area contributed by atoms with E-state index in [9.17, 15) is 4.39 Å². The maximum atomic E-state index is 13.3. The lowest BCUT2D eigenvalue weighted by Gasteiger charge is -2.20. The van der Waals surface area contributed by atoms with Crippen LogP contribution in [0.25, 0.3) is 0 Å². The molecule has 1 aromatic rings. The van der Waals surface area contributed by atoms with E-state index in [-0.39, 0.29) is 19.2 Å². The Kier molecular flexibility index (Phi) is 2.62. The second-order valence-corrected chi connectivity index (χ2v) is 2.95. The van der Waals surface area contributed by atoms with E-state index in [1.807, 2.05) is 5.48 Å². The fourth-order valence-electron chi connectivity index (χ4n) is 1.46. The van der Waals surface area contributed by atoms with Gasteiger partial charge in [-0.2, -0.15) is 0 Å². The normalized spacial score (nSPS) is 14.7. The highest BCUT2D eigenvalue weighted by atomic mass is 19.1. The molecular formula is C9H10FNO3. The van der Waals surface area contributed by atoms with E-state index >= 15 is 0 Å². The van der Waals surface area contributed by atoms with Crippen LogP contribution in [0.15, 0.2) is 12.1 Å². The molecule has 14 heavy (non-hydrogen) atoms. The number of hydrogen-bond donors (Lipinski definition) is 2. The Morgan fingerprint density at radius 3 is 3.14 bits per heavy atom. The molecule has 0 saturated heterocycles. The first-order chi connectivity index (χ1) is 6.83. The Morgan fingerprint density at radius 1 is 1.50 bits per heavy atom. The number of halogens is 1. The summed E-state index contributed by atoms with van der Waals surface area (Å²) in [4.78, 5) is 0. The van der Waals surface area contributed by atoms with Crippen molar-refractivity contribution < 1.29 is 19.1 Å². The predicted molar refractivity (Wildman–Crippen MR) is 45.3 cm³/mol. The van der Waals surface area contributed by atoms with Crippen LogP contribution in [-0.4, -0.2) is 12.0 Å². The average molecular weight is 199 g/mol. The molecule has 2 rings (SSSR count). The second kappa shape index (κ2) is 3.91. The minimum atomic E-state index is -0.376. The lowest BCUT2D eigenvalue weighted by molar-refractivity contribution is -0.0174. The summed E-state index contributed by atoms with van der Waals surface area (Å²) < 4.78 is 23.5. The van der Waals surface area contributed by atoms with Crippen molar-refractivity contribution in [3.05, 3.63) is 29.1 Å². The van der Waals surface area contributed by atoms with Gasteiger partial charge in [-0.25, -0.2) is 9.87 Å². The van der Waals surface area contributed by atoms with E-state index in [0.29, 0.717) is 23.5 Å². The van der Waals surface area contributed by atoms with Crippen molar-refractivity contribution in [2.45, 2.75) is 13.2 Å². The summed E-state index contributed by atoms with van der Waals surface area (Å²) in [6.45, 7) is 0.538. The fraction of sp³-hybridized carbons (Fsp3) is 0.333. The molecule has 0 saturated carbocycles. The molecule has 0 spiro atoms. The Labute approximate surface area is 80.2 Å². The van der Waals surface area contributed by atoms with Gasteiger partial charge in [-0.3, -0.25) is 0 Å². The molecule has 0 fully saturated rings. The smallest absolute Gasteiger partial charge is 0.189 e. The van der Waals surface area contributed by atoms with Crippen LogP contribution in [0.4, 0.5) is 4.39 Å². The fourth-order valence-corrected chi connectivity index (χ4v) is 1.46. The molecule has 0 radical (unpaired) electrons. The summed E-state index contributed by atoms with van der Waals surface area (Å²) >= 11 is 0. The first-order valence-electron chi connectivity index (χ1n) is 4.20. The van der Waals surface area contributed by atoms with Crippen LogP contribution >= 0.6 is 0 Å². The number of nitrogens with one attached hydrogen (secondary N) is 1. The largest absolute Gasteiger partial charge is 0.467 e. The molecule has 76 valence electrons. The van der Waals surface area contributed by atoms with Crippen molar-refractivity contribution in [1.82, 2.24) is 5.48 Å². The molecule has 0 aromatic heterocycles. The monoisotopic (exact) mass is 199 g/mol. The Bertz CT molecular complexity index is 343. The van der Waals surface area contributed by atoms with E-state index in [4.69, 9.17) is 14.7 Å². The number of ether oxygens (including phenoxy) is 2. The van der Waals surface area contributed by atoms with Gasteiger partial charge in [0.05, 0.1) is 6.61 Å². The Morgan fingerprint density at radius 2 is 2.36 bits per heavy atom. The molecule has 2 N–H and O–H groups in total. The van der Waals surface area contributed by atoms with Gasteiger partial charge in [-0.05, 0) is 12.1 Å². The van der Waals surface area contributed by atoms with Gasteiger partial charge in [0.25, 0.3) is 0 Å². The third-order valence-electron chi connectivity index (χ3n) is 2.13. The minimum absolute atomic E-state index is 0.0434. The zero-order valence-electron chi connectivity index (χ0n) is 7.42. The maximum Gasteiger partial charge on any atom is 0.189 e. The van der Waals surface area contributed by atoms with E-state index in [1.54, 1.807) is 6.07 Å². The summed E-state index contributed by atoms with van der Waals surface area (Å²) in [6, 6.07) is 2.88. The van der Waals surface area contributed by atoms with Gasteiger partial charge in [-0.1, -0.05) is 0 Å².